The maximum Gasteiger partial charge on any atom is 0.241 e. The van der Waals surface area contributed by atoms with E-state index in [0.29, 0.717) is 31.0 Å². The third-order valence-electron chi connectivity index (χ3n) is 6.01. The first-order chi connectivity index (χ1) is 14.3. The molecule has 1 aromatic carbocycles. The molecule has 158 valence electrons. The van der Waals surface area contributed by atoms with Gasteiger partial charge in [0.1, 0.15) is 5.54 Å². The Morgan fingerprint density at radius 2 is 2.00 bits per heavy atom. The van der Waals surface area contributed by atoms with Crippen LogP contribution in [0.3, 0.4) is 0 Å². The fourth-order valence-electron chi connectivity index (χ4n) is 4.59. The molecule has 4 N–H and O–H groups in total. The predicted octanol–water partition coefficient (Wildman–Crippen LogP) is 3.24. The van der Waals surface area contributed by atoms with Crippen LogP contribution in [0.2, 0.25) is 5.02 Å². The number of hydrogen-bond donors (Lipinski definition) is 4. The smallest absolute Gasteiger partial charge is 0.241 e. The summed E-state index contributed by atoms with van der Waals surface area (Å²) in [6, 6.07) is 5.94. The largest absolute Gasteiger partial charge is 0.388 e. The Balaban J connectivity index is 1.66. The molecule has 3 heterocycles. The van der Waals surface area contributed by atoms with Gasteiger partial charge < -0.3 is 20.9 Å². The van der Waals surface area contributed by atoms with Crippen molar-refractivity contribution in [1.82, 2.24) is 15.6 Å². The SMILES string of the molecule is CNc1ccc(-c2cncc(Cl)c2N2CCC3(CC2)NC(C)(C)NC3=O)cc1C=N. The number of aromatic nitrogens is 1. The Bertz CT molecular complexity index is 997. The van der Waals surface area contributed by atoms with E-state index in [1.165, 1.54) is 6.21 Å². The molecule has 0 saturated carbocycles. The number of carbonyl (C=O) groups is 1. The van der Waals surface area contributed by atoms with Gasteiger partial charge in [0, 0.05) is 55.6 Å². The Labute approximate surface area is 181 Å². The molecule has 2 aromatic rings. The number of nitrogens with one attached hydrogen (secondary N) is 4. The van der Waals surface area contributed by atoms with Crippen molar-refractivity contribution in [3.8, 4) is 11.1 Å². The maximum absolute atomic E-state index is 12.6. The zero-order valence-corrected chi connectivity index (χ0v) is 18.2. The molecule has 7 nitrogen and oxygen atoms in total. The van der Waals surface area contributed by atoms with Gasteiger partial charge in [-0.15, -0.1) is 0 Å². The molecule has 2 saturated heterocycles. The molecule has 30 heavy (non-hydrogen) atoms. The first kappa shape index (κ1) is 20.6. The van der Waals surface area contributed by atoms with Crippen LogP contribution in [0.5, 0.6) is 0 Å². The van der Waals surface area contributed by atoms with Crippen molar-refractivity contribution in [1.29, 1.82) is 5.41 Å². The molecule has 2 aliphatic rings. The van der Waals surface area contributed by atoms with Crippen LogP contribution >= 0.6 is 11.6 Å². The van der Waals surface area contributed by atoms with Gasteiger partial charge >= 0.3 is 0 Å². The lowest BCUT2D eigenvalue weighted by atomic mass is 9.87. The van der Waals surface area contributed by atoms with E-state index in [9.17, 15) is 4.79 Å². The highest BCUT2D eigenvalue weighted by atomic mass is 35.5. The van der Waals surface area contributed by atoms with Gasteiger partial charge in [-0.1, -0.05) is 17.7 Å². The summed E-state index contributed by atoms with van der Waals surface area (Å²) in [5.74, 6) is 0.0754. The summed E-state index contributed by atoms with van der Waals surface area (Å²) in [6.07, 6.45) is 6.21. The monoisotopic (exact) mass is 426 g/mol. The molecule has 0 radical (unpaired) electrons. The topological polar surface area (TPSA) is 93.1 Å². The second kappa shape index (κ2) is 7.56. The van der Waals surface area contributed by atoms with Crippen molar-refractivity contribution in [3.63, 3.8) is 0 Å². The average molecular weight is 427 g/mol. The summed E-state index contributed by atoms with van der Waals surface area (Å²) in [4.78, 5) is 19.2. The van der Waals surface area contributed by atoms with Crippen LogP contribution in [0.4, 0.5) is 11.4 Å². The molecule has 0 bridgehead atoms. The van der Waals surface area contributed by atoms with E-state index in [2.05, 4.69) is 25.8 Å². The fraction of sp³-hybridized carbons (Fsp3) is 0.409. The number of rotatable bonds is 4. The number of carbonyl (C=O) groups excluding carboxylic acids is 1. The van der Waals surface area contributed by atoms with Crippen LogP contribution in [0.25, 0.3) is 11.1 Å². The zero-order valence-electron chi connectivity index (χ0n) is 17.5. The minimum Gasteiger partial charge on any atom is -0.388 e. The van der Waals surface area contributed by atoms with Crippen molar-refractivity contribution < 1.29 is 4.79 Å². The van der Waals surface area contributed by atoms with Crippen LogP contribution in [-0.4, -0.2) is 48.4 Å². The minimum absolute atomic E-state index is 0.0754. The van der Waals surface area contributed by atoms with Crippen molar-refractivity contribution in [2.75, 3.05) is 30.4 Å². The summed E-state index contributed by atoms with van der Waals surface area (Å²) in [6.45, 7) is 5.39. The lowest BCUT2D eigenvalue weighted by Gasteiger charge is -2.40. The van der Waals surface area contributed by atoms with Gasteiger partial charge in [0.05, 0.1) is 16.4 Å². The highest BCUT2D eigenvalue weighted by Gasteiger charge is 2.51. The Morgan fingerprint density at radius 3 is 2.60 bits per heavy atom. The van der Waals surface area contributed by atoms with E-state index in [0.717, 1.165) is 28.1 Å². The maximum atomic E-state index is 12.6. The van der Waals surface area contributed by atoms with Crippen LogP contribution < -0.4 is 20.9 Å². The van der Waals surface area contributed by atoms with Gasteiger partial charge in [0.25, 0.3) is 0 Å². The first-order valence-corrected chi connectivity index (χ1v) is 10.5. The number of anilines is 2. The Hall–Kier alpha value is -2.64. The lowest BCUT2D eigenvalue weighted by molar-refractivity contribution is -0.125. The third kappa shape index (κ3) is 3.52. The van der Waals surface area contributed by atoms with Crippen LogP contribution in [0, 0.1) is 5.41 Å². The molecule has 1 amide bonds. The van der Waals surface area contributed by atoms with Gasteiger partial charge in [-0.3, -0.25) is 15.1 Å². The number of nitrogens with zero attached hydrogens (tertiary/aromatic N) is 2. The van der Waals surface area contributed by atoms with Crippen LogP contribution in [-0.2, 0) is 4.79 Å². The average Bonchev–Trinajstić information content (AvgIpc) is 2.95. The van der Waals surface area contributed by atoms with Crippen molar-refractivity contribution in [2.24, 2.45) is 0 Å². The van der Waals surface area contributed by atoms with E-state index >= 15 is 0 Å². The second-order valence-corrected chi connectivity index (χ2v) is 8.89. The molecule has 4 rings (SSSR count). The lowest BCUT2D eigenvalue weighted by Crippen LogP contribution is -2.56. The highest BCUT2D eigenvalue weighted by Crippen LogP contribution is 2.40. The number of pyridine rings is 1. The summed E-state index contributed by atoms with van der Waals surface area (Å²) >= 11 is 6.61. The normalized spacial score (nSPS) is 19.6. The number of piperidine rings is 1. The van der Waals surface area contributed by atoms with Crippen molar-refractivity contribution in [2.45, 2.75) is 37.9 Å². The van der Waals surface area contributed by atoms with E-state index in [1.54, 1.807) is 6.20 Å². The van der Waals surface area contributed by atoms with Crippen molar-refractivity contribution in [3.05, 3.63) is 41.2 Å². The standard InChI is InChI=1S/C22H27ClN6O/c1-21(2)27-20(30)22(28-21)6-8-29(9-7-22)19-16(12-26-13-17(19)23)14-4-5-18(25-3)15(10-14)11-24/h4-5,10-13,24-25,28H,6-9H2,1-3H3,(H,27,30). The number of benzene rings is 1. The number of halogens is 1. The molecule has 0 unspecified atom stereocenters. The Kier molecular flexibility index (Phi) is 5.20. The van der Waals surface area contributed by atoms with Gasteiger partial charge in [-0.2, -0.15) is 0 Å². The van der Waals surface area contributed by atoms with E-state index in [4.69, 9.17) is 17.0 Å². The molecule has 1 aromatic heterocycles. The third-order valence-corrected chi connectivity index (χ3v) is 6.28. The van der Waals surface area contributed by atoms with Gasteiger partial charge in [-0.05, 0) is 44.4 Å². The Morgan fingerprint density at radius 1 is 1.27 bits per heavy atom. The van der Waals surface area contributed by atoms with Crippen LogP contribution in [0.15, 0.2) is 30.6 Å². The summed E-state index contributed by atoms with van der Waals surface area (Å²) in [7, 11) is 1.84. The molecule has 2 aliphatic heterocycles. The molecule has 0 aliphatic carbocycles. The predicted molar refractivity (Wildman–Crippen MR) is 122 cm³/mol. The zero-order chi connectivity index (χ0) is 21.5. The highest BCUT2D eigenvalue weighted by molar-refractivity contribution is 6.33. The van der Waals surface area contributed by atoms with Gasteiger partial charge in [-0.25, -0.2) is 0 Å². The molecular weight excluding hydrogens is 400 g/mol. The van der Waals surface area contributed by atoms with E-state index in [-0.39, 0.29) is 5.91 Å². The molecule has 8 heteroatoms. The molecule has 0 atom stereocenters. The van der Waals surface area contributed by atoms with E-state index in [1.807, 2.05) is 45.3 Å². The summed E-state index contributed by atoms with van der Waals surface area (Å²) in [5, 5.41) is 17.9. The minimum atomic E-state index is -0.526. The van der Waals surface area contributed by atoms with Crippen LogP contribution in [0.1, 0.15) is 32.3 Å². The second-order valence-electron chi connectivity index (χ2n) is 8.49. The van der Waals surface area contributed by atoms with Gasteiger partial charge in [0.2, 0.25) is 5.91 Å². The number of hydrogen-bond acceptors (Lipinski definition) is 6. The quantitative estimate of drug-likeness (QED) is 0.563. The molecular formula is C22H27ClN6O. The van der Waals surface area contributed by atoms with E-state index < -0.39 is 11.2 Å². The van der Waals surface area contributed by atoms with Crippen molar-refractivity contribution >= 4 is 35.1 Å². The first-order valence-electron chi connectivity index (χ1n) is 10.1. The molecule has 1 spiro atoms. The fourth-order valence-corrected chi connectivity index (χ4v) is 4.87. The van der Waals surface area contributed by atoms with Gasteiger partial charge in [0.15, 0.2) is 0 Å². The summed E-state index contributed by atoms with van der Waals surface area (Å²) < 4.78 is 0. The molecule has 2 fully saturated rings. The summed E-state index contributed by atoms with van der Waals surface area (Å²) in [5.41, 5.74) is 3.58. The number of amides is 1.